The molecule has 1 aromatic rings. The van der Waals surface area contributed by atoms with Crippen molar-refractivity contribution in [2.45, 2.75) is 26.0 Å². The summed E-state index contributed by atoms with van der Waals surface area (Å²) in [5, 5.41) is 0.628. The lowest BCUT2D eigenvalue weighted by Crippen LogP contribution is -2.48. The van der Waals surface area contributed by atoms with E-state index >= 15 is 0 Å². The largest absolute Gasteiger partial charge is 0.372 e. The van der Waals surface area contributed by atoms with Gasteiger partial charge in [0.25, 0.3) is 0 Å². The molecule has 94 valence electrons. The number of halogens is 1. The van der Waals surface area contributed by atoms with Crippen LogP contribution < -0.4 is 10.6 Å². The fourth-order valence-corrected chi connectivity index (χ4v) is 2.19. The molecule has 1 fully saturated rings. The molecule has 0 saturated carbocycles. The van der Waals surface area contributed by atoms with E-state index in [2.05, 4.69) is 23.7 Å². The highest BCUT2D eigenvalue weighted by molar-refractivity contribution is 6.31. The Labute approximate surface area is 107 Å². The molecule has 0 atom stereocenters. The summed E-state index contributed by atoms with van der Waals surface area (Å²) < 4.78 is 5.68. The van der Waals surface area contributed by atoms with Crippen molar-refractivity contribution < 1.29 is 4.74 Å². The third-order valence-corrected chi connectivity index (χ3v) is 3.19. The highest BCUT2D eigenvalue weighted by atomic mass is 35.5. The third kappa shape index (κ3) is 2.89. The van der Waals surface area contributed by atoms with Crippen LogP contribution in [-0.4, -0.2) is 30.3 Å². The van der Waals surface area contributed by atoms with E-state index in [1.165, 1.54) is 0 Å². The first-order chi connectivity index (χ1) is 8.02. The molecule has 0 aliphatic carbocycles. The number of ether oxygens (including phenoxy) is 1. The van der Waals surface area contributed by atoms with E-state index in [1.807, 2.05) is 12.1 Å². The minimum absolute atomic E-state index is 0.136. The summed E-state index contributed by atoms with van der Waals surface area (Å²) in [6.45, 7) is 6.92. The molecule has 1 aromatic heterocycles. The zero-order valence-electron chi connectivity index (χ0n) is 10.2. The summed E-state index contributed by atoms with van der Waals surface area (Å²) in [6.07, 6.45) is 0. The van der Waals surface area contributed by atoms with E-state index in [4.69, 9.17) is 22.1 Å². The van der Waals surface area contributed by atoms with Gasteiger partial charge in [-0.05, 0) is 26.0 Å². The Balaban J connectivity index is 2.22. The number of hydrogen-bond donors (Lipinski definition) is 1. The van der Waals surface area contributed by atoms with Crippen LogP contribution in [0.4, 0.5) is 5.82 Å². The van der Waals surface area contributed by atoms with Crippen molar-refractivity contribution >= 4 is 17.4 Å². The SMILES string of the molecule is CC1(C)CN(c2ccc(Cl)c(CN)n2)CCO1. The van der Waals surface area contributed by atoms with Gasteiger partial charge < -0.3 is 15.4 Å². The molecule has 0 spiro atoms. The lowest BCUT2D eigenvalue weighted by Gasteiger charge is -2.38. The van der Waals surface area contributed by atoms with Gasteiger partial charge in [0.2, 0.25) is 0 Å². The Hall–Kier alpha value is -0.840. The smallest absolute Gasteiger partial charge is 0.129 e. The Kier molecular flexibility index (Phi) is 3.56. The van der Waals surface area contributed by atoms with Gasteiger partial charge in [-0.1, -0.05) is 11.6 Å². The van der Waals surface area contributed by atoms with Gasteiger partial charge in [-0.3, -0.25) is 0 Å². The summed E-state index contributed by atoms with van der Waals surface area (Å²) in [7, 11) is 0. The maximum absolute atomic E-state index is 6.01. The highest BCUT2D eigenvalue weighted by Crippen LogP contribution is 2.24. The number of nitrogens with two attached hydrogens (primary N) is 1. The topological polar surface area (TPSA) is 51.4 Å². The first kappa shape index (κ1) is 12.6. The average Bonchev–Trinajstić information content (AvgIpc) is 2.28. The molecule has 0 aromatic carbocycles. The Morgan fingerprint density at radius 2 is 2.29 bits per heavy atom. The lowest BCUT2D eigenvalue weighted by molar-refractivity contribution is -0.0279. The molecule has 5 heteroatoms. The molecule has 2 heterocycles. The second-order valence-corrected chi connectivity index (χ2v) is 5.24. The van der Waals surface area contributed by atoms with Crippen molar-refractivity contribution in [3.63, 3.8) is 0 Å². The molecule has 2 N–H and O–H groups in total. The number of nitrogens with zero attached hydrogens (tertiary/aromatic N) is 2. The summed E-state index contributed by atoms with van der Waals surface area (Å²) in [4.78, 5) is 6.70. The van der Waals surface area contributed by atoms with E-state index < -0.39 is 0 Å². The van der Waals surface area contributed by atoms with E-state index in [0.717, 1.165) is 31.2 Å². The Morgan fingerprint density at radius 1 is 1.53 bits per heavy atom. The number of rotatable bonds is 2. The van der Waals surface area contributed by atoms with E-state index in [9.17, 15) is 0 Å². The van der Waals surface area contributed by atoms with Crippen LogP contribution in [0.15, 0.2) is 12.1 Å². The maximum Gasteiger partial charge on any atom is 0.129 e. The van der Waals surface area contributed by atoms with Crippen molar-refractivity contribution in [3.05, 3.63) is 22.8 Å². The van der Waals surface area contributed by atoms with Crippen molar-refractivity contribution in [2.75, 3.05) is 24.6 Å². The minimum atomic E-state index is -0.136. The van der Waals surface area contributed by atoms with Gasteiger partial charge in [-0.2, -0.15) is 0 Å². The van der Waals surface area contributed by atoms with Crippen LogP contribution in [0.1, 0.15) is 19.5 Å². The van der Waals surface area contributed by atoms with Gasteiger partial charge in [-0.25, -0.2) is 4.98 Å². The lowest BCUT2D eigenvalue weighted by atomic mass is 10.1. The van der Waals surface area contributed by atoms with Crippen LogP contribution in [0, 0.1) is 0 Å². The molecular weight excluding hydrogens is 238 g/mol. The number of hydrogen-bond acceptors (Lipinski definition) is 4. The number of anilines is 1. The predicted molar refractivity (Wildman–Crippen MR) is 69.4 cm³/mol. The fraction of sp³-hybridized carbons (Fsp3) is 0.583. The van der Waals surface area contributed by atoms with Crippen LogP contribution in [0.5, 0.6) is 0 Å². The molecular formula is C12H18ClN3O. The second-order valence-electron chi connectivity index (χ2n) is 4.83. The number of pyridine rings is 1. The van der Waals surface area contributed by atoms with Gasteiger partial charge in [-0.15, -0.1) is 0 Å². The summed E-state index contributed by atoms with van der Waals surface area (Å²) in [6, 6.07) is 3.79. The van der Waals surface area contributed by atoms with Gasteiger partial charge in [0, 0.05) is 19.6 Å². The van der Waals surface area contributed by atoms with Crippen LogP contribution >= 0.6 is 11.6 Å². The number of morpholine rings is 1. The zero-order valence-corrected chi connectivity index (χ0v) is 11.0. The molecule has 0 amide bonds. The van der Waals surface area contributed by atoms with E-state index in [-0.39, 0.29) is 5.60 Å². The van der Waals surface area contributed by atoms with Crippen LogP contribution in [0.2, 0.25) is 5.02 Å². The Bertz CT molecular complexity index is 409. The molecule has 0 bridgehead atoms. The Morgan fingerprint density at radius 3 is 2.94 bits per heavy atom. The molecule has 1 saturated heterocycles. The minimum Gasteiger partial charge on any atom is -0.372 e. The molecule has 1 aliphatic rings. The van der Waals surface area contributed by atoms with Gasteiger partial charge in [0.1, 0.15) is 5.82 Å². The standard InChI is InChI=1S/C12H18ClN3O/c1-12(2)8-16(5-6-17-12)11-4-3-9(13)10(7-14)15-11/h3-4H,5-8,14H2,1-2H3. The zero-order chi connectivity index (χ0) is 12.5. The highest BCUT2D eigenvalue weighted by Gasteiger charge is 2.28. The third-order valence-electron chi connectivity index (χ3n) is 2.85. The van der Waals surface area contributed by atoms with Crippen molar-refractivity contribution in [2.24, 2.45) is 5.73 Å². The number of aromatic nitrogens is 1. The molecule has 2 rings (SSSR count). The molecule has 17 heavy (non-hydrogen) atoms. The molecule has 0 unspecified atom stereocenters. The second kappa shape index (κ2) is 4.80. The van der Waals surface area contributed by atoms with Crippen LogP contribution in [0.3, 0.4) is 0 Å². The van der Waals surface area contributed by atoms with Gasteiger partial charge in [0.15, 0.2) is 0 Å². The van der Waals surface area contributed by atoms with Crippen molar-refractivity contribution in [1.82, 2.24) is 4.98 Å². The van der Waals surface area contributed by atoms with E-state index in [0.29, 0.717) is 11.6 Å². The first-order valence-corrected chi connectivity index (χ1v) is 6.14. The molecule has 4 nitrogen and oxygen atoms in total. The first-order valence-electron chi connectivity index (χ1n) is 5.76. The van der Waals surface area contributed by atoms with Gasteiger partial charge >= 0.3 is 0 Å². The normalized spacial score (nSPS) is 19.4. The van der Waals surface area contributed by atoms with Crippen molar-refractivity contribution in [3.8, 4) is 0 Å². The van der Waals surface area contributed by atoms with Crippen LogP contribution in [-0.2, 0) is 11.3 Å². The quantitative estimate of drug-likeness (QED) is 0.876. The summed E-state index contributed by atoms with van der Waals surface area (Å²) in [5.41, 5.74) is 6.22. The van der Waals surface area contributed by atoms with E-state index in [1.54, 1.807) is 0 Å². The summed E-state index contributed by atoms with van der Waals surface area (Å²) in [5.74, 6) is 0.922. The predicted octanol–water partition coefficient (Wildman–Crippen LogP) is 1.81. The molecule has 0 radical (unpaired) electrons. The average molecular weight is 256 g/mol. The summed E-state index contributed by atoms with van der Waals surface area (Å²) >= 11 is 6.01. The fourth-order valence-electron chi connectivity index (χ4n) is 2.00. The molecule has 1 aliphatic heterocycles. The van der Waals surface area contributed by atoms with Crippen LogP contribution in [0.25, 0.3) is 0 Å². The maximum atomic E-state index is 6.01. The monoisotopic (exact) mass is 255 g/mol. The van der Waals surface area contributed by atoms with Crippen molar-refractivity contribution in [1.29, 1.82) is 0 Å². The van der Waals surface area contributed by atoms with Gasteiger partial charge in [0.05, 0.1) is 22.9 Å².